The predicted molar refractivity (Wildman–Crippen MR) is 88.7 cm³/mol. The van der Waals surface area contributed by atoms with Crippen LogP contribution in [0, 0.1) is 17.3 Å². The number of nitrogens with two attached hydrogens (primary N) is 1. The van der Waals surface area contributed by atoms with Crippen LogP contribution in [-0.4, -0.2) is 26.5 Å². The highest BCUT2D eigenvalue weighted by Crippen LogP contribution is 2.28. The number of pyridine rings is 2. The summed E-state index contributed by atoms with van der Waals surface area (Å²) in [6.45, 7) is 0. The van der Waals surface area contributed by atoms with E-state index in [-0.39, 0.29) is 5.56 Å². The summed E-state index contributed by atoms with van der Waals surface area (Å²) in [4.78, 5) is 19.7. The van der Waals surface area contributed by atoms with E-state index in [1.807, 2.05) is 0 Å². The Kier molecular flexibility index (Phi) is 3.35. The van der Waals surface area contributed by atoms with Crippen LogP contribution in [0.5, 0.6) is 0 Å². The Morgan fingerprint density at radius 2 is 2.24 bits per heavy atom. The van der Waals surface area contributed by atoms with E-state index >= 15 is 0 Å². The Morgan fingerprint density at radius 1 is 1.44 bits per heavy atom. The minimum Gasteiger partial charge on any atom is -0.382 e. The molecule has 7 nitrogen and oxygen atoms in total. The first kappa shape index (κ1) is 15.1. The molecular weight excluding hydrogens is 323 g/mol. The van der Waals surface area contributed by atoms with Crippen LogP contribution in [0.25, 0.3) is 16.9 Å². The largest absolute Gasteiger partial charge is 0.382 e. The van der Waals surface area contributed by atoms with Gasteiger partial charge in [0.25, 0.3) is 5.91 Å². The lowest BCUT2D eigenvalue weighted by Crippen LogP contribution is -2.16. The number of anilines is 1. The van der Waals surface area contributed by atoms with Gasteiger partial charge in [-0.15, -0.1) is 0 Å². The van der Waals surface area contributed by atoms with E-state index in [4.69, 9.17) is 11.0 Å². The number of amides is 1. The fourth-order valence-electron chi connectivity index (χ4n) is 2.64. The number of nitrogens with zero attached hydrogens (tertiary/aromatic N) is 4. The van der Waals surface area contributed by atoms with Crippen molar-refractivity contribution in [2.24, 2.45) is 5.73 Å². The van der Waals surface area contributed by atoms with Gasteiger partial charge in [0, 0.05) is 29.9 Å². The Balaban J connectivity index is 1.84. The average molecular weight is 336 g/mol. The SMILES string of the molecule is N#Cc1cc2ccn(-c3cc(NC4CC4)c(C(N)=O)cn3)c2nc1F. The topological polar surface area (TPSA) is 110 Å². The standard InChI is InChI=1S/C17H13FN6O/c18-15-10(7-19)5-9-3-4-24(17(9)23-15)14-6-13(22-11-1-2-11)12(8-21-14)16(20)25/h3-6,8,11H,1-2H2,(H2,20,25)(H,21,22). The normalized spacial score (nSPS) is 13.6. The molecule has 25 heavy (non-hydrogen) atoms. The number of halogens is 1. The maximum atomic E-state index is 13.9. The molecule has 0 radical (unpaired) electrons. The number of fused-ring (bicyclic) bond motifs is 1. The monoisotopic (exact) mass is 336 g/mol. The van der Waals surface area contributed by atoms with E-state index in [0.717, 1.165) is 12.8 Å². The molecule has 8 heteroatoms. The number of nitrogens with one attached hydrogen (secondary N) is 1. The van der Waals surface area contributed by atoms with Crippen LogP contribution in [0.2, 0.25) is 0 Å². The van der Waals surface area contributed by atoms with Gasteiger partial charge in [0.05, 0.1) is 11.3 Å². The van der Waals surface area contributed by atoms with Crippen LogP contribution in [0.3, 0.4) is 0 Å². The van der Waals surface area contributed by atoms with Crippen molar-refractivity contribution in [3.05, 3.63) is 47.7 Å². The average Bonchev–Trinajstić information content (AvgIpc) is 3.31. The number of carbonyl (C=O) groups excluding carboxylic acids is 1. The molecule has 0 unspecified atom stereocenters. The van der Waals surface area contributed by atoms with E-state index in [9.17, 15) is 9.18 Å². The molecule has 0 aromatic carbocycles. The number of rotatable bonds is 4. The van der Waals surface area contributed by atoms with Crippen molar-refractivity contribution >= 4 is 22.6 Å². The number of hydrogen-bond acceptors (Lipinski definition) is 5. The van der Waals surface area contributed by atoms with E-state index in [2.05, 4.69) is 15.3 Å². The Morgan fingerprint density at radius 3 is 2.92 bits per heavy atom. The molecule has 1 aliphatic rings. The molecule has 0 atom stereocenters. The number of carbonyl (C=O) groups is 1. The fraction of sp³-hybridized carbons (Fsp3) is 0.176. The highest BCUT2D eigenvalue weighted by molar-refractivity contribution is 5.98. The summed E-state index contributed by atoms with van der Waals surface area (Å²) in [5.74, 6) is -0.929. The predicted octanol–water partition coefficient (Wildman–Crippen LogP) is 2.10. The van der Waals surface area contributed by atoms with Crippen molar-refractivity contribution < 1.29 is 9.18 Å². The van der Waals surface area contributed by atoms with Crippen LogP contribution in [-0.2, 0) is 0 Å². The van der Waals surface area contributed by atoms with Crippen molar-refractivity contribution in [1.29, 1.82) is 5.26 Å². The van der Waals surface area contributed by atoms with Crippen LogP contribution in [0.4, 0.5) is 10.1 Å². The minimum atomic E-state index is -0.833. The molecule has 1 amide bonds. The second-order valence-corrected chi connectivity index (χ2v) is 5.91. The molecular formula is C17H13FN6O. The summed E-state index contributed by atoms with van der Waals surface area (Å²) in [6, 6.07) is 6.95. The zero-order valence-electron chi connectivity index (χ0n) is 13.0. The van der Waals surface area contributed by atoms with Crippen LogP contribution >= 0.6 is 0 Å². The third-order valence-corrected chi connectivity index (χ3v) is 4.07. The first-order chi connectivity index (χ1) is 12.1. The second-order valence-electron chi connectivity index (χ2n) is 5.91. The number of aromatic nitrogens is 3. The van der Waals surface area contributed by atoms with Gasteiger partial charge in [0.1, 0.15) is 23.1 Å². The van der Waals surface area contributed by atoms with E-state index in [1.165, 1.54) is 12.3 Å². The van der Waals surface area contributed by atoms with Gasteiger partial charge >= 0.3 is 0 Å². The molecule has 124 valence electrons. The zero-order chi connectivity index (χ0) is 17.6. The molecule has 1 saturated carbocycles. The number of primary amides is 1. The minimum absolute atomic E-state index is 0.113. The Hall–Kier alpha value is -3.47. The quantitative estimate of drug-likeness (QED) is 0.709. The van der Waals surface area contributed by atoms with Gasteiger partial charge in [-0.2, -0.15) is 14.6 Å². The lowest BCUT2D eigenvalue weighted by molar-refractivity contribution is 0.100. The summed E-state index contributed by atoms with van der Waals surface area (Å²) in [5, 5.41) is 12.8. The molecule has 3 heterocycles. The summed E-state index contributed by atoms with van der Waals surface area (Å²) < 4.78 is 15.5. The van der Waals surface area contributed by atoms with Crippen molar-refractivity contribution in [3.63, 3.8) is 0 Å². The van der Waals surface area contributed by atoms with Gasteiger partial charge in [0.2, 0.25) is 5.95 Å². The Labute approximate surface area is 141 Å². The molecule has 4 rings (SSSR count). The molecule has 3 aromatic heterocycles. The number of nitriles is 1. The summed E-state index contributed by atoms with van der Waals surface area (Å²) in [7, 11) is 0. The first-order valence-corrected chi connectivity index (χ1v) is 7.71. The maximum Gasteiger partial charge on any atom is 0.252 e. The van der Waals surface area contributed by atoms with Crippen molar-refractivity contribution in [1.82, 2.24) is 14.5 Å². The molecule has 3 aromatic rings. The van der Waals surface area contributed by atoms with Crippen LogP contribution in [0.1, 0.15) is 28.8 Å². The van der Waals surface area contributed by atoms with Gasteiger partial charge in [-0.05, 0) is 25.0 Å². The lowest BCUT2D eigenvalue weighted by atomic mass is 10.2. The molecule has 0 saturated heterocycles. The zero-order valence-corrected chi connectivity index (χ0v) is 13.0. The van der Waals surface area contributed by atoms with Crippen LogP contribution < -0.4 is 11.1 Å². The Bertz CT molecular complexity index is 1050. The molecule has 1 fully saturated rings. The second kappa shape index (κ2) is 5.56. The van der Waals surface area contributed by atoms with Gasteiger partial charge < -0.3 is 11.1 Å². The summed E-state index contributed by atoms with van der Waals surface area (Å²) in [6.07, 6.45) is 5.15. The van der Waals surface area contributed by atoms with Crippen molar-refractivity contribution in [2.45, 2.75) is 18.9 Å². The molecule has 0 bridgehead atoms. The van der Waals surface area contributed by atoms with Crippen molar-refractivity contribution in [3.8, 4) is 11.9 Å². The van der Waals surface area contributed by atoms with Gasteiger partial charge in [0.15, 0.2) is 0 Å². The van der Waals surface area contributed by atoms with E-state index in [0.29, 0.717) is 34.1 Å². The first-order valence-electron chi connectivity index (χ1n) is 7.71. The number of hydrogen-bond donors (Lipinski definition) is 2. The smallest absolute Gasteiger partial charge is 0.252 e. The van der Waals surface area contributed by atoms with Gasteiger partial charge in [-0.25, -0.2) is 4.98 Å². The lowest BCUT2D eigenvalue weighted by Gasteiger charge is -2.12. The molecule has 0 aliphatic heterocycles. The molecule has 0 spiro atoms. The highest BCUT2D eigenvalue weighted by Gasteiger charge is 2.23. The third kappa shape index (κ3) is 2.65. The fourth-order valence-corrected chi connectivity index (χ4v) is 2.64. The highest BCUT2D eigenvalue weighted by atomic mass is 19.1. The molecule has 3 N–H and O–H groups in total. The van der Waals surface area contributed by atoms with E-state index < -0.39 is 11.9 Å². The van der Waals surface area contributed by atoms with E-state index in [1.54, 1.807) is 29.0 Å². The van der Waals surface area contributed by atoms with Gasteiger partial charge in [-0.3, -0.25) is 9.36 Å². The summed E-state index contributed by atoms with van der Waals surface area (Å²) >= 11 is 0. The maximum absolute atomic E-state index is 13.9. The summed E-state index contributed by atoms with van der Waals surface area (Å²) in [5.41, 5.74) is 6.53. The van der Waals surface area contributed by atoms with Crippen LogP contribution in [0.15, 0.2) is 30.6 Å². The van der Waals surface area contributed by atoms with Gasteiger partial charge in [-0.1, -0.05) is 0 Å². The van der Waals surface area contributed by atoms with Crippen molar-refractivity contribution in [2.75, 3.05) is 5.32 Å². The third-order valence-electron chi connectivity index (χ3n) is 4.07. The molecule has 1 aliphatic carbocycles.